The first-order chi connectivity index (χ1) is 15.7. The zero-order valence-corrected chi connectivity index (χ0v) is 20.4. The maximum atomic E-state index is 13.5. The van der Waals surface area contributed by atoms with Crippen LogP contribution in [0.15, 0.2) is 78.9 Å². The van der Waals surface area contributed by atoms with E-state index in [1.54, 1.807) is 0 Å². The van der Waals surface area contributed by atoms with Crippen LogP contribution in [0.5, 0.6) is 0 Å². The largest absolute Gasteiger partial charge is 0.460 e. The fourth-order valence-corrected chi connectivity index (χ4v) is 5.02. The predicted octanol–water partition coefficient (Wildman–Crippen LogP) is 6.81. The molecular weight excluding hydrogens is 406 g/mol. The third-order valence-electron chi connectivity index (χ3n) is 6.62. The molecule has 0 unspecified atom stereocenters. The van der Waals surface area contributed by atoms with Crippen molar-refractivity contribution in [2.24, 2.45) is 5.92 Å². The molecule has 0 saturated carbocycles. The van der Waals surface area contributed by atoms with Crippen molar-refractivity contribution in [3.05, 3.63) is 107 Å². The molecule has 3 aromatic rings. The molecule has 0 radical (unpaired) electrons. The quantitative estimate of drug-likeness (QED) is 0.393. The maximum absolute atomic E-state index is 13.5. The van der Waals surface area contributed by atoms with Crippen molar-refractivity contribution < 1.29 is 9.53 Å². The van der Waals surface area contributed by atoms with Gasteiger partial charge in [0.1, 0.15) is 5.60 Å². The highest BCUT2D eigenvalue weighted by molar-refractivity contribution is 5.76. The molecule has 3 nitrogen and oxygen atoms in total. The normalized spacial score (nSPS) is 18.7. The Morgan fingerprint density at radius 2 is 1.61 bits per heavy atom. The van der Waals surface area contributed by atoms with Gasteiger partial charge in [-0.3, -0.25) is 9.69 Å². The maximum Gasteiger partial charge on any atom is 0.311 e. The fourth-order valence-electron chi connectivity index (χ4n) is 5.02. The van der Waals surface area contributed by atoms with E-state index in [9.17, 15) is 4.79 Å². The molecule has 0 saturated heterocycles. The Hall–Kier alpha value is -2.91. The second-order valence-corrected chi connectivity index (χ2v) is 10.2. The third kappa shape index (κ3) is 5.20. The minimum atomic E-state index is -0.513. The van der Waals surface area contributed by atoms with Gasteiger partial charge in [-0.15, -0.1) is 0 Å². The number of rotatable bonds is 6. The first-order valence-corrected chi connectivity index (χ1v) is 11.9. The molecule has 0 amide bonds. The van der Waals surface area contributed by atoms with Crippen LogP contribution in [0.4, 0.5) is 0 Å². The van der Waals surface area contributed by atoms with E-state index >= 15 is 0 Å². The highest BCUT2D eigenvalue weighted by Gasteiger charge is 2.44. The molecule has 0 fully saturated rings. The molecule has 33 heavy (non-hydrogen) atoms. The number of carbonyl (C=O) groups excluding carboxylic acids is 1. The lowest BCUT2D eigenvalue weighted by atomic mass is 9.94. The van der Waals surface area contributed by atoms with Crippen molar-refractivity contribution >= 4 is 5.97 Å². The molecule has 172 valence electrons. The first-order valence-electron chi connectivity index (χ1n) is 11.9. The first kappa shape index (κ1) is 23.3. The summed E-state index contributed by atoms with van der Waals surface area (Å²) in [5, 5.41) is 0. The summed E-state index contributed by atoms with van der Waals surface area (Å²) >= 11 is 0. The van der Waals surface area contributed by atoms with Crippen molar-refractivity contribution in [1.29, 1.82) is 0 Å². The van der Waals surface area contributed by atoms with Crippen LogP contribution in [0.25, 0.3) is 0 Å². The number of esters is 1. The van der Waals surface area contributed by atoms with E-state index in [-0.39, 0.29) is 24.0 Å². The highest BCUT2D eigenvalue weighted by atomic mass is 16.6. The van der Waals surface area contributed by atoms with Gasteiger partial charge < -0.3 is 4.74 Å². The Balaban J connectivity index is 1.80. The van der Waals surface area contributed by atoms with Gasteiger partial charge in [0, 0.05) is 18.6 Å². The molecule has 1 aliphatic carbocycles. The average Bonchev–Trinajstić information content (AvgIpc) is 3.18. The molecule has 0 N–H and O–H groups in total. The van der Waals surface area contributed by atoms with Gasteiger partial charge in [0.2, 0.25) is 0 Å². The van der Waals surface area contributed by atoms with Gasteiger partial charge in [0.05, 0.1) is 5.92 Å². The van der Waals surface area contributed by atoms with E-state index in [1.165, 1.54) is 27.8 Å². The topological polar surface area (TPSA) is 29.5 Å². The Morgan fingerprint density at radius 1 is 0.970 bits per heavy atom. The molecule has 0 bridgehead atoms. The number of carbonyl (C=O) groups is 1. The number of aryl methyl sites for hydroxylation is 1. The molecule has 3 heteroatoms. The van der Waals surface area contributed by atoms with Gasteiger partial charge in [-0.1, -0.05) is 78.9 Å². The van der Waals surface area contributed by atoms with Crippen molar-refractivity contribution in [2.75, 3.05) is 0 Å². The van der Waals surface area contributed by atoms with Crippen LogP contribution in [0.3, 0.4) is 0 Å². The number of ether oxygens (including phenoxy) is 1. The third-order valence-corrected chi connectivity index (χ3v) is 6.62. The summed E-state index contributed by atoms with van der Waals surface area (Å²) in [4.78, 5) is 16.0. The summed E-state index contributed by atoms with van der Waals surface area (Å²) in [7, 11) is 0. The monoisotopic (exact) mass is 441 g/mol. The molecule has 4 rings (SSSR count). The Kier molecular flexibility index (Phi) is 6.71. The second-order valence-electron chi connectivity index (χ2n) is 10.2. The van der Waals surface area contributed by atoms with Crippen molar-refractivity contribution in [3.63, 3.8) is 0 Å². The second kappa shape index (κ2) is 9.52. The number of hydrogen-bond donors (Lipinski definition) is 0. The van der Waals surface area contributed by atoms with Gasteiger partial charge >= 0.3 is 5.97 Å². The molecule has 0 aromatic heterocycles. The molecule has 0 heterocycles. The minimum absolute atomic E-state index is 0.0508. The van der Waals surface area contributed by atoms with E-state index < -0.39 is 5.60 Å². The van der Waals surface area contributed by atoms with Crippen LogP contribution in [-0.4, -0.2) is 16.5 Å². The lowest BCUT2D eigenvalue weighted by Crippen LogP contribution is -2.39. The smallest absolute Gasteiger partial charge is 0.311 e. The Labute approximate surface area is 198 Å². The zero-order valence-electron chi connectivity index (χ0n) is 20.4. The summed E-state index contributed by atoms with van der Waals surface area (Å²) in [6.07, 6.45) is 0.717. The van der Waals surface area contributed by atoms with Gasteiger partial charge in [-0.2, -0.15) is 0 Å². The van der Waals surface area contributed by atoms with E-state index in [0.717, 1.165) is 6.54 Å². The van der Waals surface area contributed by atoms with Crippen LogP contribution in [0, 0.1) is 12.8 Å². The van der Waals surface area contributed by atoms with Crippen molar-refractivity contribution in [2.45, 2.75) is 65.3 Å². The van der Waals surface area contributed by atoms with Crippen LogP contribution in [0.2, 0.25) is 0 Å². The number of hydrogen-bond acceptors (Lipinski definition) is 3. The van der Waals surface area contributed by atoms with Crippen LogP contribution in [0.1, 0.15) is 67.6 Å². The summed E-state index contributed by atoms with van der Waals surface area (Å²) in [6.45, 7) is 11.0. The van der Waals surface area contributed by atoms with Gasteiger partial charge in [-0.25, -0.2) is 0 Å². The number of benzene rings is 3. The summed E-state index contributed by atoms with van der Waals surface area (Å²) in [5.41, 5.74) is 5.76. The minimum Gasteiger partial charge on any atom is -0.460 e. The van der Waals surface area contributed by atoms with Crippen LogP contribution < -0.4 is 0 Å². The molecule has 0 spiro atoms. The van der Waals surface area contributed by atoms with Crippen molar-refractivity contribution in [1.82, 2.24) is 4.90 Å². The number of nitrogens with zero attached hydrogens (tertiary/aromatic N) is 1. The standard InChI is InChI=1S/C30H35NO2/c1-21-13-12-18-25-26(21)19-27(29(32)33-30(3,4)5)28(25)31(20-23-14-8-6-9-15-23)22(2)24-16-10-7-11-17-24/h6-18,22,27-28H,19-20H2,1-5H3/t22-,27-,28-/m1/s1. The van der Waals surface area contributed by atoms with Gasteiger partial charge in [0.15, 0.2) is 0 Å². The van der Waals surface area contributed by atoms with E-state index in [4.69, 9.17) is 4.74 Å². The molecule has 1 aliphatic rings. The fraction of sp³-hybridized carbons (Fsp3) is 0.367. The van der Waals surface area contributed by atoms with E-state index in [1.807, 2.05) is 26.8 Å². The number of fused-ring (bicyclic) bond motifs is 1. The molecule has 3 aromatic carbocycles. The van der Waals surface area contributed by atoms with Crippen LogP contribution in [-0.2, 0) is 22.5 Å². The van der Waals surface area contributed by atoms with Crippen molar-refractivity contribution in [3.8, 4) is 0 Å². The van der Waals surface area contributed by atoms with E-state index in [0.29, 0.717) is 6.42 Å². The van der Waals surface area contributed by atoms with Gasteiger partial charge in [0.25, 0.3) is 0 Å². The Morgan fingerprint density at radius 3 is 2.24 bits per heavy atom. The predicted molar refractivity (Wildman–Crippen MR) is 134 cm³/mol. The summed E-state index contributed by atoms with van der Waals surface area (Å²) in [5.74, 6) is -0.350. The van der Waals surface area contributed by atoms with Gasteiger partial charge in [-0.05, 0) is 68.9 Å². The summed E-state index contributed by atoms with van der Waals surface area (Å²) < 4.78 is 5.94. The lowest BCUT2D eigenvalue weighted by molar-refractivity contribution is -0.162. The molecule has 3 atom stereocenters. The average molecular weight is 442 g/mol. The summed E-state index contributed by atoms with van der Waals surface area (Å²) in [6, 6.07) is 27.7. The molecular formula is C30H35NO2. The molecule has 0 aliphatic heterocycles. The SMILES string of the molecule is Cc1cccc2c1C[C@@H](C(=O)OC(C)(C)C)[C@@H]2N(Cc1ccccc1)[C@H](C)c1ccccc1. The highest BCUT2D eigenvalue weighted by Crippen LogP contribution is 2.46. The Bertz CT molecular complexity index is 1090. The van der Waals surface area contributed by atoms with E-state index in [2.05, 4.69) is 91.5 Å². The lowest BCUT2D eigenvalue weighted by Gasteiger charge is -2.38. The van der Waals surface area contributed by atoms with Crippen LogP contribution >= 0.6 is 0 Å². The zero-order chi connectivity index (χ0) is 23.6.